The first kappa shape index (κ1) is 15.2. The molecule has 1 fully saturated rings. The van der Waals surface area contributed by atoms with E-state index in [1.165, 1.54) is 31.2 Å². The van der Waals surface area contributed by atoms with E-state index in [1.807, 2.05) is 6.07 Å². The van der Waals surface area contributed by atoms with E-state index in [9.17, 15) is 0 Å². The summed E-state index contributed by atoms with van der Waals surface area (Å²) in [6.07, 6.45) is 4.83. The predicted molar refractivity (Wildman–Crippen MR) is 82.5 cm³/mol. The summed E-state index contributed by atoms with van der Waals surface area (Å²) in [5.74, 6) is 1.57. The Morgan fingerprint density at radius 2 is 1.65 bits per heavy atom. The lowest BCUT2D eigenvalue weighted by Gasteiger charge is -2.56. The smallest absolute Gasteiger partial charge is 0.161 e. The van der Waals surface area contributed by atoms with Crippen LogP contribution in [0.5, 0.6) is 11.5 Å². The molecule has 1 saturated carbocycles. The highest BCUT2D eigenvalue weighted by molar-refractivity contribution is 5.46. The zero-order valence-electron chi connectivity index (χ0n) is 13.2. The molecule has 1 aliphatic rings. The molecule has 3 nitrogen and oxygen atoms in total. The number of rotatable bonds is 6. The molecule has 112 valence electrons. The number of nitrogens with two attached hydrogens (primary N) is 1. The summed E-state index contributed by atoms with van der Waals surface area (Å²) in [5, 5.41) is 0. The first-order valence-electron chi connectivity index (χ1n) is 7.51. The summed E-state index contributed by atoms with van der Waals surface area (Å²) >= 11 is 0. The van der Waals surface area contributed by atoms with Crippen LogP contribution in [0.15, 0.2) is 18.2 Å². The van der Waals surface area contributed by atoms with E-state index in [0.717, 1.165) is 11.5 Å². The van der Waals surface area contributed by atoms with Crippen molar-refractivity contribution in [2.75, 3.05) is 20.8 Å². The number of hydrogen-bond donors (Lipinski definition) is 1. The summed E-state index contributed by atoms with van der Waals surface area (Å²) in [6.45, 7) is 5.28. The van der Waals surface area contributed by atoms with Gasteiger partial charge in [0, 0.05) is 12.0 Å². The normalized spacial score (nSPS) is 19.2. The highest BCUT2D eigenvalue weighted by Gasteiger charge is 2.52. The van der Waals surface area contributed by atoms with Gasteiger partial charge in [0.1, 0.15) is 0 Å². The van der Waals surface area contributed by atoms with E-state index in [4.69, 9.17) is 15.2 Å². The van der Waals surface area contributed by atoms with Gasteiger partial charge in [0.2, 0.25) is 0 Å². The molecule has 2 rings (SSSR count). The monoisotopic (exact) mass is 277 g/mol. The lowest BCUT2D eigenvalue weighted by molar-refractivity contribution is 0.0181. The molecule has 20 heavy (non-hydrogen) atoms. The molecule has 2 N–H and O–H groups in total. The van der Waals surface area contributed by atoms with Crippen molar-refractivity contribution in [3.05, 3.63) is 23.8 Å². The maximum atomic E-state index is 6.12. The van der Waals surface area contributed by atoms with Gasteiger partial charge in [0.05, 0.1) is 14.2 Å². The fourth-order valence-electron chi connectivity index (χ4n) is 3.77. The lowest BCUT2D eigenvalue weighted by Crippen LogP contribution is -2.53. The molecule has 0 unspecified atom stereocenters. The Balaban J connectivity index is 2.30. The number of benzene rings is 1. The molecule has 0 aliphatic heterocycles. The van der Waals surface area contributed by atoms with Gasteiger partial charge in [0.25, 0.3) is 0 Å². The standard InChI is InChI=1S/C17H27NO2/c1-5-16(6-2)10-17(11-16,12-18)13-7-8-14(19-3)15(9-13)20-4/h7-9H,5-6,10-12,18H2,1-4H3. The molecule has 0 atom stereocenters. The van der Waals surface area contributed by atoms with Crippen molar-refractivity contribution in [1.29, 1.82) is 0 Å². The second-order valence-electron chi connectivity index (χ2n) is 6.11. The first-order chi connectivity index (χ1) is 9.58. The summed E-state index contributed by atoms with van der Waals surface area (Å²) in [6, 6.07) is 6.23. The second kappa shape index (κ2) is 5.65. The predicted octanol–water partition coefficient (Wildman–Crippen LogP) is 3.50. The highest BCUT2D eigenvalue weighted by Crippen LogP contribution is 2.59. The van der Waals surface area contributed by atoms with Crippen molar-refractivity contribution >= 4 is 0 Å². The molecule has 1 aromatic rings. The zero-order valence-corrected chi connectivity index (χ0v) is 13.2. The van der Waals surface area contributed by atoms with Crippen LogP contribution in [0.4, 0.5) is 0 Å². The van der Waals surface area contributed by atoms with E-state index in [-0.39, 0.29) is 5.41 Å². The van der Waals surface area contributed by atoms with Gasteiger partial charge in [-0.05, 0) is 36.0 Å². The van der Waals surface area contributed by atoms with Gasteiger partial charge in [-0.1, -0.05) is 32.8 Å². The zero-order chi connectivity index (χ0) is 14.8. The Bertz CT molecular complexity index is 458. The molecule has 0 spiro atoms. The molecular weight excluding hydrogens is 250 g/mol. The molecular formula is C17H27NO2. The largest absolute Gasteiger partial charge is 0.493 e. The maximum Gasteiger partial charge on any atom is 0.161 e. The third-order valence-corrected chi connectivity index (χ3v) is 5.31. The van der Waals surface area contributed by atoms with Crippen LogP contribution in [0.2, 0.25) is 0 Å². The molecule has 0 aromatic heterocycles. The van der Waals surface area contributed by atoms with Gasteiger partial charge < -0.3 is 15.2 Å². The van der Waals surface area contributed by atoms with Crippen molar-refractivity contribution in [2.45, 2.75) is 44.9 Å². The number of ether oxygens (including phenoxy) is 2. The molecule has 0 amide bonds. The van der Waals surface area contributed by atoms with Crippen LogP contribution >= 0.6 is 0 Å². The van der Waals surface area contributed by atoms with Gasteiger partial charge in [-0.3, -0.25) is 0 Å². The van der Waals surface area contributed by atoms with E-state index in [0.29, 0.717) is 12.0 Å². The van der Waals surface area contributed by atoms with Crippen LogP contribution in [-0.2, 0) is 5.41 Å². The van der Waals surface area contributed by atoms with Gasteiger partial charge in [-0.2, -0.15) is 0 Å². The molecule has 0 radical (unpaired) electrons. The summed E-state index contributed by atoms with van der Waals surface area (Å²) in [7, 11) is 3.35. The Morgan fingerprint density at radius 3 is 2.10 bits per heavy atom. The Hall–Kier alpha value is -1.22. The van der Waals surface area contributed by atoms with Crippen LogP contribution < -0.4 is 15.2 Å². The van der Waals surface area contributed by atoms with E-state index in [2.05, 4.69) is 26.0 Å². The SMILES string of the molecule is CCC1(CC)CC(CN)(c2ccc(OC)c(OC)c2)C1. The van der Waals surface area contributed by atoms with Gasteiger partial charge in [0.15, 0.2) is 11.5 Å². The van der Waals surface area contributed by atoms with Crippen LogP contribution in [0.1, 0.15) is 45.1 Å². The average molecular weight is 277 g/mol. The fourth-order valence-corrected chi connectivity index (χ4v) is 3.77. The molecule has 1 aromatic carbocycles. The van der Waals surface area contributed by atoms with Crippen molar-refractivity contribution < 1.29 is 9.47 Å². The Morgan fingerprint density at radius 1 is 1.05 bits per heavy atom. The van der Waals surface area contributed by atoms with Crippen molar-refractivity contribution in [2.24, 2.45) is 11.1 Å². The Labute approximate surface area is 122 Å². The number of hydrogen-bond acceptors (Lipinski definition) is 3. The topological polar surface area (TPSA) is 44.5 Å². The van der Waals surface area contributed by atoms with E-state index >= 15 is 0 Å². The molecule has 0 bridgehead atoms. The van der Waals surface area contributed by atoms with Crippen LogP contribution in [0.25, 0.3) is 0 Å². The third kappa shape index (κ3) is 2.28. The van der Waals surface area contributed by atoms with Gasteiger partial charge in [-0.25, -0.2) is 0 Å². The minimum absolute atomic E-state index is 0.117. The lowest BCUT2D eigenvalue weighted by atomic mass is 9.48. The van der Waals surface area contributed by atoms with Gasteiger partial charge in [-0.15, -0.1) is 0 Å². The second-order valence-corrected chi connectivity index (χ2v) is 6.11. The van der Waals surface area contributed by atoms with Crippen LogP contribution in [0.3, 0.4) is 0 Å². The summed E-state index contributed by atoms with van der Waals surface area (Å²) in [5.41, 5.74) is 8.00. The molecule has 0 saturated heterocycles. The van der Waals surface area contributed by atoms with Crippen LogP contribution in [-0.4, -0.2) is 20.8 Å². The van der Waals surface area contributed by atoms with E-state index in [1.54, 1.807) is 14.2 Å². The highest BCUT2D eigenvalue weighted by atomic mass is 16.5. The minimum Gasteiger partial charge on any atom is -0.493 e. The first-order valence-corrected chi connectivity index (χ1v) is 7.51. The Kier molecular flexibility index (Phi) is 4.28. The molecule has 1 aliphatic carbocycles. The van der Waals surface area contributed by atoms with Crippen molar-refractivity contribution in [3.63, 3.8) is 0 Å². The van der Waals surface area contributed by atoms with Gasteiger partial charge >= 0.3 is 0 Å². The maximum absolute atomic E-state index is 6.12. The van der Waals surface area contributed by atoms with Crippen LogP contribution in [0, 0.1) is 5.41 Å². The van der Waals surface area contributed by atoms with Crippen molar-refractivity contribution in [3.8, 4) is 11.5 Å². The number of methoxy groups -OCH3 is 2. The summed E-state index contributed by atoms with van der Waals surface area (Å²) < 4.78 is 10.7. The third-order valence-electron chi connectivity index (χ3n) is 5.31. The quantitative estimate of drug-likeness (QED) is 0.865. The fraction of sp³-hybridized carbons (Fsp3) is 0.647. The summed E-state index contributed by atoms with van der Waals surface area (Å²) in [4.78, 5) is 0. The molecule has 3 heteroatoms. The minimum atomic E-state index is 0.117. The van der Waals surface area contributed by atoms with Crippen molar-refractivity contribution in [1.82, 2.24) is 0 Å². The molecule has 0 heterocycles. The average Bonchev–Trinajstić information content (AvgIpc) is 2.47. The van der Waals surface area contributed by atoms with E-state index < -0.39 is 0 Å².